The van der Waals surface area contributed by atoms with Gasteiger partial charge in [0.1, 0.15) is 17.3 Å². The molecule has 0 saturated carbocycles. The van der Waals surface area contributed by atoms with Gasteiger partial charge in [0, 0.05) is 5.56 Å². The smallest absolute Gasteiger partial charge is 0.271 e. The Labute approximate surface area is 166 Å². The first-order valence-corrected chi connectivity index (χ1v) is 8.89. The highest BCUT2D eigenvalue weighted by Gasteiger charge is 2.11. The number of carbonyl (C=O) groups excluding carboxylic acids is 1. The van der Waals surface area contributed by atoms with E-state index in [0.29, 0.717) is 28.0 Å². The fourth-order valence-electron chi connectivity index (χ4n) is 2.87. The molecule has 0 bridgehead atoms. The Balaban J connectivity index is 1.50. The summed E-state index contributed by atoms with van der Waals surface area (Å²) in [6.45, 7) is 0. The molecular weight excluding hydrogens is 368 g/mol. The number of phenols is 1. The Morgan fingerprint density at radius 3 is 2.69 bits per heavy atom. The number of aromatic nitrogens is 2. The van der Waals surface area contributed by atoms with Crippen LogP contribution < -0.4 is 10.2 Å². The van der Waals surface area contributed by atoms with E-state index >= 15 is 0 Å². The van der Waals surface area contributed by atoms with E-state index in [1.165, 1.54) is 0 Å². The lowest BCUT2D eigenvalue weighted by Gasteiger charge is -2.01. The molecule has 1 heterocycles. The van der Waals surface area contributed by atoms with Gasteiger partial charge in [-0.2, -0.15) is 5.10 Å². The van der Waals surface area contributed by atoms with Crippen LogP contribution in [0.3, 0.4) is 0 Å². The van der Waals surface area contributed by atoms with Crippen LogP contribution in [0.2, 0.25) is 0 Å². The zero-order chi connectivity index (χ0) is 20.2. The Morgan fingerprint density at radius 1 is 1.14 bits per heavy atom. The highest BCUT2D eigenvalue weighted by atomic mass is 16.5. The molecule has 4 aromatic rings. The molecule has 1 amide bonds. The number of phenolic OH excluding ortho intramolecular Hbond substituents is 1. The summed E-state index contributed by atoms with van der Waals surface area (Å²) in [5.41, 5.74) is 5.77. The maximum absolute atomic E-state index is 12.4. The Bertz CT molecular complexity index is 1200. The Kier molecular flexibility index (Phi) is 4.94. The minimum Gasteiger partial charge on any atom is -0.507 e. The summed E-state index contributed by atoms with van der Waals surface area (Å²) < 4.78 is 5.11. The van der Waals surface area contributed by atoms with E-state index in [-0.39, 0.29) is 11.7 Å². The molecule has 29 heavy (non-hydrogen) atoms. The second kappa shape index (κ2) is 7.85. The third-order valence-electron chi connectivity index (χ3n) is 4.40. The van der Waals surface area contributed by atoms with Gasteiger partial charge >= 0.3 is 0 Å². The van der Waals surface area contributed by atoms with E-state index < -0.39 is 0 Å². The van der Waals surface area contributed by atoms with Crippen molar-refractivity contribution in [3.05, 3.63) is 77.9 Å². The number of imidazole rings is 1. The van der Waals surface area contributed by atoms with Crippen molar-refractivity contribution in [2.24, 2.45) is 5.10 Å². The van der Waals surface area contributed by atoms with Crippen molar-refractivity contribution in [1.29, 1.82) is 0 Å². The second-order valence-corrected chi connectivity index (χ2v) is 6.31. The van der Waals surface area contributed by atoms with Gasteiger partial charge in [-0.3, -0.25) is 4.79 Å². The molecule has 0 aliphatic rings. The number of hydrogen-bond acceptors (Lipinski definition) is 5. The number of para-hydroxylation sites is 1. The van der Waals surface area contributed by atoms with E-state index in [4.69, 9.17) is 4.74 Å². The summed E-state index contributed by atoms with van der Waals surface area (Å²) in [6.07, 6.45) is 1.56. The summed E-state index contributed by atoms with van der Waals surface area (Å²) in [4.78, 5) is 20.0. The zero-order valence-electron chi connectivity index (χ0n) is 15.6. The number of nitrogens with zero attached hydrogens (tertiary/aromatic N) is 2. The van der Waals surface area contributed by atoms with Gasteiger partial charge in [0.15, 0.2) is 0 Å². The number of H-pyrrole nitrogens is 1. The number of fused-ring (bicyclic) bond motifs is 1. The highest BCUT2D eigenvalue weighted by Crippen LogP contribution is 2.28. The molecule has 0 saturated heterocycles. The van der Waals surface area contributed by atoms with Gasteiger partial charge in [-0.25, -0.2) is 10.4 Å². The minimum absolute atomic E-state index is 0.136. The van der Waals surface area contributed by atoms with Crippen LogP contribution in [0.1, 0.15) is 15.9 Å². The lowest BCUT2D eigenvalue weighted by atomic mass is 10.2. The van der Waals surface area contributed by atoms with Crippen LogP contribution in [0.15, 0.2) is 71.8 Å². The van der Waals surface area contributed by atoms with Crippen molar-refractivity contribution >= 4 is 23.2 Å². The molecule has 0 radical (unpaired) electrons. The van der Waals surface area contributed by atoms with Crippen LogP contribution >= 0.6 is 0 Å². The van der Waals surface area contributed by atoms with E-state index in [9.17, 15) is 9.90 Å². The number of methoxy groups -OCH3 is 1. The number of nitrogens with one attached hydrogen (secondary N) is 2. The van der Waals surface area contributed by atoms with Gasteiger partial charge in [-0.1, -0.05) is 12.1 Å². The molecular formula is C22H18N4O3. The number of rotatable bonds is 5. The quantitative estimate of drug-likeness (QED) is 0.360. The van der Waals surface area contributed by atoms with E-state index in [1.54, 1.807) is 49.7 Å². The van der Waals surface area contributed by atoms with Gasteiger partial charge in [-0.15, -0.1) is 0 Å². The lowest BCUT2D eigenvalue weighted by molar-refractivity contribution is 0.0955. The van der Waals surface area contributed by atoms with Crippen LogP contribution in [-0.2, 0) is 0 Å². The third-order valence-corrected chi connectivity index (χ3v) is 4.40. The SMILES string of the molecule is COc1ccc(/C=N/NC(=O)c2ccc3nc(-c4ccccc4O)[nH]c3c2)cc1. The first kappa shape index (κ1) is 18.2. The van der Waals surface area contributed by atoms with Crippen molar-refractivity contribution in [2.45, 2.75) is 0 Å². The maximum Gasteiger partial charge on any atom is 0.271 e. The second-order valence-electron chi connectivity index (χ2n) is 6.31. The van der Waals surface area contributed by atoms with Crippen LogP contribution in [0.25, 0.3) is 22.4 Å². The summed E-state index contributed by atoms with van der Waals surface area (Å²) in [6, 6.07) is 19.4. The van der Waals surface area contributed by atoms with Crippen LogP contribution in [0, 0.1) is 0 Å². The monoisotopic (exact) mass is 386 g/mol. The minimum atomic E-state index is -0.338. The molecule has 144 valence electrons. The molecule has 3 N–H and O–H groups in total. The summed E-state index contributed by atoms with van der Waals surface area (Å²) in [5, 5.41) is 14.0. The predicted molar refractivity (Wildman–Crippen MR) is 111 cm³/mol. The molecule has 4 rings (SSSR count). The normalized spacial score (nSPS) is 11.1. The number of aromatic amines is 1. The molecule has 3 aromatic carbocycles. The molecule has 0 fully saturated rings. The predicted octanol–water partition coefficient (Wildman–Crippen LogP) is 3.71. The largest absolute Gasteiger partial charge is 0.507 e. The van der Waals surface area contributed by atoms with Crippen LogP contribution in [0.5, 0.6) is 11.5 Å². The highest BCUT2D eigenvalue weighted by molar-refractivity contribution is 5.98. The van der Waals surface area contributed by atoms with Crippen molar-refractivity contribution in [3.8, 4) is 22.9 Å². The Morgan fingerprint density at radius 2 is 1.93 bits per heavy atom. The molecule has 0 atom stereocenters. The number of benzene rings is 3. The van der Waals surface area contributed by atoms with E-state index in [2.05, 4.69) is 20.5 Å². The third kappa shape index (κ3) is 3.93. The standard InChI is InChI=1S/C22H18N4O3/c1-29-16-9-6-14(7-10-16)13-23-26-22(28)15-8-11-18-19(12-15)25-21(24-18)17-4-2-3-5-20(17)27/h2-13,27H,1H3,(H,24,25)(H,26,28)/b23-13+. The first-order valence-electron chi connectivity index (χ1n) is 8.89. The van der Waals surface area contributed by atoms with Crippen molar-refractivity contribution in [1.82, 2.24) is 15.4 Å². The van der Waals surface area contributed by atoms with Crippen LogP contribution in [0.4, 0.5) is 0 Å². The summed E-state index contributed by atoms with van der Waals surface area (Å²) >= 11 is 0. The number of amides is 1. The average Bonchev–Trinajstić information content (AvgIpc) is 3.17. The number of ether oxygens (including phenoxy) is 1. The maximum atomic E-state index is 12.4. The van der Waals surface area contributed by atoms with Gasteiger partial charge < -0.3 is 14.8 Å². The van der Waals surface area contributed by atoms with Gasteiger partial charge in [0.2, 0.25) is 0 Å². The number of hydrogen-bond donors (Lipinski definition) is 3. The molecule has 1 aromatic heterocycles. The molecule has 0 aliphatic carbocycles. The van der Waals surface area contributed by atoms with E-state index in [0.717, 1.165) is 11.3 Å². The number of carbonyl (C=O) groups is 1. The van der Waals surface area contributed by atoms with Gasteiger partial charge in [-0.05, 0) is 60.2 Å². The summed E-state index contributed by atoms with van der Waals surface area (Å²) in [5.74, 6) is 1.09. The lowest BCUT2D eigenvalue weighted by Crippen LogP contribution is -2.17. The fraction of sp³-hybridized carbons (Fsp3) is 0.0455. The van der Waals surface area contributed by atoms with Crippen LogP contribution in [-0.4, -0.2) is 34.3 Å². The first-order chi connectivity index (χ1) is 14.1. The number of aromatic hydroxyl groups is 1. The molecule has 0 aliphatic heterocycles. The Hall–Kier alpha value is -4.13. The fourth-order valence-corrected chi connectivity index (χ4v) is 2.87. The molecule has 0 unspecified atom stereocenters. The summed E-state index contributed by atoms with van der Waals surface area (Å²) in [7, 11) is 1.60. The van der Waals surface area contributed by atoms with Gasteiger partial charge in [0.05, 0.1) is 29.9 Å². The van der Waals surface area contributed by atoms with Crippen molar-refractivity contribution in [2.75, 3.05) is 7.11 Å². The molecule has 7 heteroatoms. The zero-order valence-corrected chi connectivity index (χ0v) is 15.6. The molecule has 7 nitrogen and oxygen atoms in total. The molecule has 0 spiro atoms. The number of hydrazone groups is 1. The van der Waals surface area contributed by atoms with Crippen molar-refractivity contribution in [3.63, 3.8) is 0 Å². The average molecular weight is 386 g/mol. The van der Waals surface area contributed by atoms with Gasteiger partial charge in [0.25, 0.3) is 5.91 Å². The van der Waals surface area contributed by atoms with E-state index in [1.807, 2.05) is 30.3 Å². The van der Waals surface area contributed by atoms with Crippen molar-refractivity contribution < 1.29 is 14.6 Å². The topological polar surface area (TPSA) is 99.6 Å².